The molecule has 2 bridgehead atoms. The summed E-state index contributed by atoms with van der Waals surface area (Å²) in [4.78, 5) is 0. The molecule has 2 saturated carbocycles. The van der Waals surface area contributed by atoms with Gasteiger partial charge in [-0.25, -0.2) is 13.6 Å². The van der Waals surface area contributed by atoms with Crippen molar-refractivity contribution in [1.29, 1.82) is 0 Å². The molecular formula is C12H23NO2S. The molecular weight excluding hydrogens is 222 g/mol. The minimum Gasteiger partial charge on any atom is -0.229 e. The second kappa shape index (κ2) is 3.22. The zero-order valence-electron chi connectivity index (χ0n) is 10.7. The van der Waals surface area contributed by atoms with Crippen molar-refractivity contribution in [3.63, 3.8) is 0 Å². The van der Waals surface area contributed by atoms with Gasteiger partial charge in [-0.15, -0.1) is 0 Å². The van der Waals surface area contributed by atoms with E-state index in [0.29, 0.717) is 17.8 Å². The van der Waals surface area contributed by atoms with Gasteiger partial charge in [0.1, 0.15) is 0 Å². The summed E-state index contributed by atoms with van der Waals surface area (Å²) in [6.45, 7) is 8.93. The van der Waals surface area contributed by atoms with Gasteiger partial charge in [0.25, 0.3) is 0 Å². The van der Waals surface area contributed by atoms with Crippen LogP contribution in [-0.4, -0.2) is 14.2 Å². The molecule has 0 radical (unpaired) electrons. The third-order valence-corrected chi connectivity index (χ3v) is 6.78. The summed E-state index contributed by atoms with van der Waals surface area (Å²) in [6, 6.07) is 0. The maximum Gasteiger partial charge on any atom is 0.209 e. The molecule has 0 aromatic heterocycles. The molecule has 2 N–H and O–H groups in total. The molecule has 2 aliphatic carbocycles. The van der Waals surface area contributed by atoms with Crippen LogP contribution in [0.3, 0.4) is 0 Å². The minimum atomic E-state index is -3.38. The molecule has 0 saturated heterocycles. The number of nitrogens with two attached hydrogens (primary N) is 1. The zero-order chi connectivity index (χ0) is 12.4. The van der Waals surface area contributed by atoms with E-state index in [0.717, 1.165) is 12.8 Å². The van der Waals surface area contributed by atoms with Gasteiger partial charge >= 0.3 is 0 Å². The first kappa shape index (κ1) is 12.4. The van der Waals surface area contributed by atoms with Crippen LogP contribution in [0.4, 0.5) is 0 Å². The average molecular weight is 245 g/mol. The van der Waals surface area contributed by atoms with Crippen LogP contribution in [0.1, 0.15) is 40.5 Å². The molecule has 0 spiro atoms. The van der Waals surface area contributed by atoms with Crippen LogP contribution in [0, 0.1) is 28.6 Å². The van der Waals surface area contributed by atoms with Gasteiger partial charge in [-0.2, -0.15) is 0 Å². The molecule has 3 nitrogen and oxygen atoms in total. The number of hydrogen-bond donors (Lipinski definition) is 1. The van der Waals surface area contributed by atoms with Crippen molar-refractivity contribution in [2.45, 2.75) is 40.5 Å². The Balaban J connectivity index is 2.45. The summed E-state index contributed by atoms with van der Waals surface area (Å²) in [5, 5.41) is 5.30. The van der Waals surface area contributed by atoms with Gasteiger partial charge in [0.05, 0.1) is 5.75 Å². The third-order valence-electron chi connectivity index (χ3n) is 5.87. The van der Waals surface area contributed by atoms with Crippen molar-refractivity contribution in [2.75, 3.05) is 5.75 Å². The van der Waals surface area contributed by atoms with Gasteiger partial charge < -0.3 is 0 Å². The first-order chi connectivity index (χ1) is 7.12. The Kier molecular flexibility index (Phi) is 2.49. The molecule has 4 atom stereocenters. The number of rotatable bonds is 2. The summed E-state index contributed by atoms with van der Waals surface area (Å²) in [6.07, 6.45) is 2.18. The van der Waals surface area contributed by atoms with Gasteiger partial charge in [-0.1, -0.05) is 27.7 Å². The SMILES string of the molecule is CC1C2CCC(CS(N)(=O)=O)(C1C)C2(C)C. The fourth-order valence-corrected chi connectivity index (χ4v) is 6.30. The number of primary sulfonamides is 1. The molecule has 4 heteroatoms. The fourth-order valence-electron chi connectivity index (χ4n) is 4.80. The van der Waals surface area contributed by atoms with Crippen LogP contribution in [0.2, 0.25) is 0 Å². The second-order valence-electron chi connectivity index (χ2n) is 6.48. The smallest absolute Gasteiger partial charge is 0.209 e. The highest BCUT2D eigenvalue weighted by atomic mass is 32.2. The first-order valence-electron chi connectivity index (χ1n) is 6.12. The molecule has 94 valence electrons. The molecule has 0 aromatic rings. The van der Waals surface area contributed by atoms with Gasteiger partial charge in [0, 0.05) is 0 Å². The van der Waals surface area contributed by atoms with Crippen LogP contribution in [0.5, 0.6) is 0 Å². The normalized spacial score (nSPS) is 46.2. The standard InChI is InChI=1S/C12H23NO2S/c1-8-9(2)12(7-16(13,14)15)6-5-10(8)11(12,3)4/h8-10H,5-7H2,1-4H3,(H2,13,14,15). The Hall–Kier alpha value is -0.0900. The summed E-state index contributed by atoms with van der Waals surface area (Å²) >= 11 is 0. The Labute approximate surface area is 98.8 Å². The third kappa shape index (κ3) is 1.39. The highest BCUT2D eigenvalue weighted by molar-refractivity contribution is 7.89. The van der Waals surface area contributed by atoms with Crippen LogP contribution in [-0.2, 0) is 10.0 Å². The van der Waals surface area contributed by atoms with Gasteiger partial charge in [-0.05, 0) is 41.4 Å². The van der Waals surface area contributed by atoms with E-state index in [9.17, 15) is 8.42 Å². The lowest BCUT2D eigenvalue weighted by Crippen LogP contribution is -2.43. The van der Waals surface area contributed by atoms with Gasteiger partial charge in [0.15, 0.2) is 0 Å². The summed E-state index contributed by atoms with van der Waals surface area (Å²) in [5.41, 5.74) is 0.0168. The summed E-state index contributed by atoms with van der Waals surface area (Å²) in [7, 11) is -3.38. The lowest BCUT2D eigenvalue weighted by atomic mass is 9.66. The number of hydrogen-bond acceptors (Lipinski definition) is 2. The monoisotopic (exact) mass is 245 g/mol. The fraction of sp³-hybridized carbons (Fsp3) is 1.00. The van der Waals surface area contributed by atoms with Crippen LogP contribution >= 0.6 is 0 Å². The Morgan fingerprint density at radius 1 is 1.31 bits per heavy atom. The van der Waals surface area contributed by atoms with E-state index in [1.165, 1.54) is 0 Å². The minimum absolute atomic E-state index is 0.0926. The van der Waals surface area contributed by atoms with Crippen molar-refractivity contribution < 1.29 is 8.42 Å². The van der Waals surface area contributed by atoms with Gasteiger partial charge in [0.2, 0.25) is 10.0 Å². The van der Waals surface area contributed by atoms with E-state index in [1.54, 1.807) is 0 Å². The molecule has 2 aliphatic rings. The summed E-state index contributed by atoms with van der Waals surface area (Å²) in [5.74, 6) is 1.89. The quantitative estimate of drug-likeness (QED) is 0.808. The Morgan fingerprint density at radius 2 is 1.88 bits per heavy atom. The molecule has 16 heavy (non-hydrogen) atoms. The zero-order valence-corrected chi connectivity index (χ0v) is 11.5. The molecule has 4 unspecified atom stereocenters. The molecule has 2 fully saturated rings. The second-order valence-corrected chi connectivity index (χ2v) is 8.09. The van der Waals surface area contributed by atoms with Crippen molar-refractivity contribution >= 4 is 10.0 Å². The Bertz CT molecular complexity index is 401. The lowest BCUT2D eigenvalue weighted by molar-refractivity contribution is 0.110. The molecule has 0 aromatic carbocycles. The van der Waals surface area contributed by atoms with Crippen molar-refractivity contribution in [3.8, 4) is 0 Å². The number of sulfonamides is 1. The van der Waals surface area contributed by atoms with Crippen LogP contribution < -0.4 is 5.14 Å². The predicted molar refractivity (Wildman–Crippen MR) is 65.2 cm³/mol. The average Bonchev–Trinajstić information content (AvgIpc) is 2.39. The molecule has 0 aliphatic heterocycles. The number of fused-ring (bicyclic) bond motifs is 2. The molecule has 2 rings (SSSR count). The topological polar surface area (TPSA) is 60.2 Å². The summed E-state index contributed by atoms with van der Waals surface area (Å²) < 4.78 is 23.0. The van der Waals surface area contributed by atoms with Crippen LogP contribution in [0.15, 0.2) is 0 Å². The van der Waals surface area contributed by atoms with Crippen molar-refractivity contribution in [2.24, 2.45) is 33.7 Å². The van der Waals surface area contributed by atoms with E-state index in [1.807, 2.05) is 0 Å². The highest BCUT2D eigenvalue weighted by Crippen LogP contribution is 2.70. The lowest BCUT2D eigenvalue weighted by Gasteiger charge is -2.41. The maximum absolute atomic E-state index is 11.5. The Morgan fingerprint density at radius 3 is 2.25 bits per heavy atom. The maximum atomic E-state index is 11.5. The molecule has 0 heterocycles. The van der Waals surface area contributed by atoms with E-state index in [-0.39, 0.29) is 16.6 Å². The van der Waals surface area contributed by atoms with E-state index < -0.39 is 10.0 Å². The van der Waals surface area contributed by atoms with E-state index in [4.69, 9.17) is 5.14 Å². The van der Waals surface area contributed by atoms with E-state index in [2.05, 4.69) is 27.7 Å². The van der Waals surface area contributed by atoms with Crippen molar-refractivity contribution in [3.05, 3.63) is 0 Å². The van der Waals surface area contributed by atoms with E-state index >= 15 is 0 Å². The predicted octanol–water partition coefficient (Wildman–Crippen LogP) is 1.98. The first-order valence-corrected chi connectivity index (χ1v) is 7.84. The molecule has 0 amide bonds. The largest absolute Gasteiger partial charge is 0.229 e. The van der Waals surface area contributed by atoms with Crippen LogP contribution in [0.25, 0.3) is 0 Å². The van der Waals surface area contributed by atoms with Crippen molar-refractivity contribution in [1.82, 2.24) is 0 Å². The highest BCUT2D eigenvalue weighted by Gasteiger charge is 2.66. The van der Waals surface area contributed by atoms with Gasteiger partial charge in [-0.3, -0.25) is 0 Å².